The Hall–Kier alpha value is -2.83. The van der Waals surface area contributed by atoms with Gasteiger partial charge in [0, 0.05) is 50.6 Å². The van der Waals surface area contributed by atoms with Crippen molar-refractivity contribution in [2.75, 3.05) is 38.4 Å². The van der Waals surface area contributed by atoms with Crippen molar-refractivity contribution in [2.45, 2.75) is 26.7 Å². The fourth-order valence-electron chi connectivity index (χ4n) is 2.90. The summed E-state index contributed by atoms with van der Waals surface area (Å²) in [6, 6.07) is 7.24. The van der Waals surface area contributed by atoms with Crippen LogP contribution < -0.4 is 14.4 Å². The van der Waals surface area contributed by atoms with E-state index in [4.69, 9.17) is 9.47 Å². The largest absolute Gasteiger partial charge is 0.454 e. The summed E-state index contributed by atoms with van der Waals surface area (Å²) in [5, 5.41) is 0. The molecule has 2 heterocycles. The molecule has 7 heteroatoms. The van der Waals surface area contributed by atoms with Crippen LogP contribution in [0.25, 0.3) is 0 Å². The maximum atomic E-state index is 13.0. The van der Waals surface area contributed by atoms with E-state index in [1.807, 2.05) is 22.9 Å². The predicted molar refractivity (Wildman–Crippen MR) is 103 cm³/mol. The molecule has 0 N–H and O–H groups in total. The Kier molecular flexibility index (Phi) is 6.11. The van der Waals surface area contributed by atoms with Gasteiger partial charge in [-0.3, -0.25) is 4.79 Å². The highest BCUT2D eigenvalue weighted by Crippen LogP contribution is 2.32. The Bertz CT molecular complexity index is 797. The maximum Gasteiger partial charge on any atom is 0.254 e. The number of rotatable bonds is 8. The number of fused-ring (bicyclic) bond motifs is 1. The molecule has 144 valence electrons. The molecule has 0 spiro atoms. The maximum absolute atomic E-state index is 13.0. The van der Waals surface area contributed by atoms with Gasteiger partial charge < -0.3 is 19.3 Å². The highest BCUT2D eigenvalue weighted by atomic mass is 16.7. The molecule has 0 fully saturated rings. The van der Waals surface area contributed by atoms with Crippen LogP contribution in [0.2, 0.25) is 0 Å². The number of hydrogen-bond donors (Lipinski definition) is 0. The number of benzene rings is 1. The van der Waals surface area contributed by atoms with E-state index < -0.39 is 0 Å². The Balaban J connectivity index is 1.69. The van der Waals surface area contributed by atoms with E-state index in [-0.39, 0.29) is 12.7 Å². The summed E-state index contributed by atoms with van der Waals surface area (Å²) in [6.45, 7) is 6.47. The van der Waals surface area contributed by atoms with Crippen molar-refractivity contribution < 1.29 is 14.3 Å². The fraction of sp³-hybridized carbons (Fsp3) is 0.450. The van der Waals surface area contributed by atoms with Gasteiger partial charge in [-0.15, -0.1) is 0 Å². The lowest BCUT2D eigenvalue weighted by molar-refractivity contribution is 0.0756. The minimum Gasteiger partial charge on any atom is -0.454 e. The number of hydrogen-bond acceptors (Lipinski definition) is 6. The molecule has 1 amide bonds. The summed E-state index contributed by atoms with van der Waals surface area (Å²) in [5.41, 5.74) is 1.54. The van der Waals surface area contributed by atoms with Crippen LogP contribution in [-0.2, 0) is 6.42 Å². The quantitative estimate of drug-likeness (QED) is 0.712. The number of ether oxygens (including phenoxy) is 2. The monoisotopic (exact) mass is 370 g/mol. The lowest BCUT2D eigenvalue weighted by Crippen LogP contribution is -2.33. The van der Waals surface area contributed by atoms with Crippen LogP contribution in [-0.4, -0.2) is 54.2 Å². The van der Waals surface area contributed by atoms with E-state index in [0.717, 1.165) is 18.7 Å². The normalized spacial score (nSPS) is 12.1. The molecule has 0 saturated carbocycles. The first-order valence-electron chi connectivity index (χ1n) is 9.34. The first-order valence-corrected chi connectivity index (χ1v) is 9.34. The lowest BCUT2D eigenvalue weighted by Gasteiger charge is -2.22. The van der Waals surface area contributed by atoms with Crippen molar-refractivity contribution in [2.24, 2.45) is 0 Å². The molecule has 1 aromatic heterocycles. The second-order valence-corrected chi connectivity index (χ2v) is 6.47. The molecule has 1 aliphatic heterocycles. The smallest absolute Gasteiger partial charge is 0.254 e. The molecule has 27 heavy (non-hydrogen) atoms. The van der Waals surface area contributed by atoms with Gasteiger partial charge in [0.05, 0.1) is 0 Å². The van der Waals surface area contributed by atoms with Gasteiger partial charge in [0.25, 0.3) is 5.91 Å². The molecule has 0 unspecified atom stereocenters. The minimum absolute atomic E-state index is 0.00453. The molecular weight excluding hydrogens is 344 g/mol. The van der Waals surface area contributed by atoms with E-state index in [2.05, 4.69) is 23.8 Å². The molecule has 0 bridgehead atoms. The van der Waals surface area contributed by atoms with E-state index in [9.17, 15) is 4.79 Å². The van der Waals surface area contributed by atoms with Crippen LogP contribution in [0.15, 0.2) is 30.5 Å². The highest BCUT2D eigenvalue weighted by Gasteiger charge is 2.20. The second kappa shape index (κ2) is 8.70. The first-order chi connectivity index (χ1) is 13.1. The van der Waals surface area contributed by atoms with Gasteiger partial charge in [0.15, 0.2) is 11.5 Å². The molecule has 2 aromatic rings. The van der Waals surface area contributed by atoms with Gasteiger partial charge in [-0.1, -0.05) is 6.92 Å². The van der Waals surface area contributed by atoms with Crippen molar-refractivity contribution >= 4 is 11.9 Å². The third-order valence-corrected chi connectivity index (χ3v) is 4.55. The number of amides is 1. The van der Waals surface area contributed by atoms with E-state index in [1.54, 1.807) is 24.4 Å². The number of anilines is 1. The van der Waals surface area contributed by atoms with Crippen LogP contribution in [0.5, 0.6) is 11.5 Å². The Morgan fingerprint density at radius 1 is 1.15 bits per heavy atom. The molecule has 0 atom stereocenters. The van der Waals surface area contributed by atoms with Crippen molar-refractivity contribution in [3.8, 4) is 11.5 Å². The molecule has 7 nitrogen and oxygen atoms in total. The van der Waals surface area contributed by atoms with Crippen LogP contribution in [0.4, 0.5) is 5.95 Å². The molecular formula is C20H26N4O3. The van der Waals surface area contributed by atoms with Crippen LogP contribution in [0.1, 0.15) is 36.3 Å². The molecule has 0 aliphatic carbocycles. The highest BCUT2D eigenvalue weighted by molar-refractivity contribution is 5.95. The van der Waals surface area contributed by atoms with Crippen LogP contribution in [0.3, 0.4) is 0 Å². The molecule has 1 aromatic carbocycles. The standard InChI is InChI=1S/C20H26N4O3/c1-4-11-24(12-9-16-8-10-21-20(22-16)23(3)5-2)19(25)15-6-7-17-18(13-15)27-14-26-17/h6-8,10,13H,4-5,9,11-12,14H2,1-3H3. The average Bonchev–Trinajstić information content (AvgIpc) is 3.18. The number of nitrogens with zero attached hydrogens (tertiary/aromatic N) is 4. The zero-order chi connectivity index (χ0) is 19.2. The van der Waals surface area contributed by atoms with Gasteiger partial charge in [0.1, 0.15) is 0 Å². The SMILES string of the molecule is CCCN(CCc1ccnc(N(C)CC)n1)C(=O)c1ccc2c(c1)OCO2. The number of carbonyl (C=O) groups excluding carboxylic acids is 1. The summed E-state index contributed by atoms with van der Waals surface area (Å²) < 4.78 is 10.7. The zero-order valence-electron chi connectivity index (χ0n) is 16.1. The summed E-state index contributed by atoms with van der Waals surface area (Å²) >= 11 is 0. The van der Waals surface area contributed by atoms with Gasteiger partial charge in [-0.2, -0.15) is 0 Å². The molecule has 3 rings (SSSR count). The summed E-state index contributed by atoms with van der Waals surface area (Å²) in [6.07, 6.45) is 3.35. The summed E-state index contributed by atoms with van der Waals surface area (Å²) in [7, 11) is 1.96. The summed E-state index contributed by atoms with van der Waals surface area (Å²) in [5.74, 6) is 2.01. The van der Waals surface area contributed by atoms with E-state index >= 15 is 0 Å². The fourth-order valence-corrected chi connectivity index (χ4v) is 2.90. The van der Waals surface area contributed by atoms with Crippen molar-refractivity contribution in [3.63, 3.8) is 0 Å². The van der Waals surface area contributed by atoms with Gasteiger partial charge >= 0.3 is 0 Å². The van der Waals surface area contributed by atoms with Gasteiger partial charge in [-0.05, 0) is 37.6 Å². The summed E-state index contributed by atoms with van der Waals surface area (Å²) in [4.78, 5) is 25.7. The van der Waals surface area contributed by atoms with Crippen molar-refractivity contribution in [3.05, 3.63) is 41.7 Å². The first kappa shape index (κ1) is 18.9. The van der Waals surface area contributed by atoms with Crippen LogP contribution >= 0.6 is 0 Å². The average molecular weight is 370 g/mol. The van der Waals surface area contributed by atoms with Crippen LogP contribution in [0, 0.1) is 0 Å². The van der Waals surface area contributed by atoms with E-state index in [0.29, 0.717) is 42.5 Å². The van der Waals surface area contributed by atoms with Crippen molar-refractivity contribution in [1.29, 1.82) is 0 Å². The Morgan fingerprint density at radius 3 is 2.74 bits per heavy atom. The molecule has 0 radical (unpaired) electrons. The predicted octanol–water partition coefficient (Wildman–Crippen LogP) is 2.76. The lowest BCUT2D eigenvalue weighted by atomic mass is 10.1. The molecule has 0 saturated heterocycles. The molecule has 1 aliphatic rings. The van der Waals surface area contributed by atoms with E-state index in [1.165, 1.54) is 0 Å². The van der Waals surface area contributed by atoms with Crippen molar-refractivity contribution in [1.82, 2.24) is 14.9 Å². The number of aromatic nitrogens is 2. The number of carbonyl (C=O) groups is 1. The van der Waals surface area contributed by atoms with Gasteiger partial charge in [0.2, 0.25) is 12.7 Å². The van der Waals surface area contributed by atoms with Gasteiger partial charge in [-0.25, -0.2) is 9.97 Å². The minimum atomic E-state index is -0.00453. The third kappa shape index (κ3) is 4.48. The zero-order valence-corrected chi connectivity index (χ0v) is 16.1. The topological polar surface area (TPSA) is 67.8 Å². The third-order valence-electron chi connectivity index (χ3n) is 4.55. The Morgan fingerprint density at radius 2 is 1.96 bits per heavy atom. The second-order valence-electron chi connectivity index (χ2n) is 6.47. The Labute approximate surface area is 159 Å².